The van der Waals surface area contributed by atoms with E-state index in [1.54, 1.807) is 24.3 Å². The Morgan fingerprint density at radius 2 is 1.05 bits per heavy atom. The molecule has 0 spiro atoms. The Hall–Kier alpha value is -9.18. The Bertz CT molecular complexity index is 3460. The molecule has 0 bridgehead atoms. The number of hydrogen-bond acceptors (Lipinski definition) is 12. The molecule has 0 saturated carbocycles. The van der Waals surface area contributed by atoms with E-state index in [1.807, 2.05) is 109 Å². The van der Waals surface area contributed by atoms with Crippen LogP contribution in [0.3, 0.4) is 0 Å². The number of nitro groups is 2. The van der Waals surface area contributed by atoms with Gasteiger partial charge in [-0.1, -0.05) is 193 Å². The van der Waals surface area contributed by atoms with Crippen molar-refractivity contribution in [3.8, 4) is 22.3 Å². The van der Waals surface area contributed by atoms with Crippen LogP contribution in [0.1, 0.15) is 93.8 Å². The van der Waals surface area contributed by atoms with Gasteiger partial charge in [-0.25, -0.2) is 4.79 Å². The number of nitrogens with one attached hydrogen (secondary N) is 2. The molecule has 19 heteroatoms. The number of aryl methyl sites for hydroxylation is 2. The zero-order valence-electron chi connectivity index (χ0n) is 49.1. The third kappa shape index (κ3) is 18.9. The molecule has 85 heavy (non-hydrogen) atoms. The summed E-state index contributed by atoms with van der Waals surface area (Å²) in [4.78, 5) is 69.9. The molecule has 2 atom stereocenters. The molecule has 2 aliphatic carbocycles. The van der Waals surface area contributed by atoms with Crippen molar-refractivity contribution in [1.29, 1.82) is 0.594 Å². The van der Waals surface area contributed by atoms with Crippen molar-refractivity contribution in [2.45, 2.75) is 63.7 Å². The van der Waals surface area contributed by atoms with Crippen molar-refractivity contribution in [2.24, 2.45) is 11.5 Å². The number of alkyl halides is 2. The van der Waals surface area contributed by atoms with Gasteiger partial charge >= 0.3 is 40.0 Å². The van der Waals surface area contributed by atoms with Crippen LogP contribution in [0, 0.1) is 34.1 Å². The number of halogens is 2. The summed E-state index contributed by atoms with van der Waals surface area (Å²) in [5.41, 5.74) is 25.0. The van der Waals surface area contributed by atoms with Crippen LogP contribution in [-0.4, -0.2) is 65.3 Å². The van der Waals surface area contributed by atoms with Gasteiger partial charge in [0.1, 0.15) is 13.2 Å². The van der Waals surface area contributed by atoms with Gasteiger partial charge < -0.3 is 36.7 Å². The molecule has 8 aromatic rings. The molecule has 0 aliphatic heterocycles. The van der Waals surface area contributed by atoms with Crippen LogP contribution in [0.25, 0.3) is 22.3 Å². The molecule has 0 radical (unpaired) electrons. The fourth-order valence-electron chi connectivity index (χ4n) is 9.70. The summed E-state index contributed by atoms with van der Waals surface area (Å²) in [6, 6.07) is 58.7. The number of nitrogens with two attached hydrogens (primary N) is 2. The summed E-state index contributed by atoms with van der Waals surface area (Å²) >= 11 is -0.160. The molecule has 8 aromatic carbocycles. The van der Waals surface area contributed by atoms with Crippen LogP contribution in [0.5, 0.6) is 0 Å². The van der Waals surface area contributed by atoms with Gasteiger partial charge in [-0.2, -0.15) is 0 Å². The van der Waals surface area contributed by atoms with Crippen LogP contribution in [0.4, 0.5) is 20.6 Å². The molecule has 7 N–H and O–H groups in total. The number of amides is 2. The number of aliphatic carboxylic acids is 1. The third-order valence-corrected chi connectivity index (χ3v) is 13.7. The summed E-state index contributed by atoms with van der Waals surface area (Å²) in [5, 5.41) is 36.4. The summed E-state index contributed by atoms with van der Waals surface area (Å²) < 4.78 is 32.4. The predicted octanol–water partition coefficient (Wildman–Crippen LogP) is 9.17. The number of benzene rings is 8. The van der Waals surface area contributed by atoms with Crippen LogP contribution in [0.2, 0.25) is 0 Å². The molecule has 0 aromatic heterocycles. The fourth-order valence-corrected chi connectivity index (χ4v) is 9.70. The molecule has 0 heterocycles. The number of nitro benzene ring substituents is 2. The van der Waals surface area contributed by atoms with Gasteiger partial charge in [-0.05, 0) is 69.5 Å². The quantitative estimate of drug-likeness (QED) is 0.0142. The van der Waals surface area contributed by atoms with E-state index in [-0.39, 0.29) is 82.1 Å². The number of alkyl carbamates (subject to hydrolysis) is 1. The van der Waals surface area contributed by atoms with Crippen molar-refractivity contribution < 1.29 is 71.8 Å². The molecule has 2 unspecified atom stereocenters. The summed E-state index contributed by atoms with van der Waals surface area (Å²) in [5.74, 6) is -1.41. The summed E-state index contributed by atoms with van der Waals surface area (Å²) in [6.45, 7) is 6.01. The van der Waals surface area contributed by atoms with E-state index < -0.39 is 41.1 Å². The van der Waals surface area contributed by atoms with Crippen molar-refractivity contribution >= 4 is 35.8 Å². The van der Waals surface area contributed by atoms with Gasteiger partial charge in [0.05, 0.1) is 42.8 Å². The van der Waals surface area contributed by atoms with Crippen LogP contribution in [-0.2, 0) is 36.9 Å². The maximum atomic E-state index is 13.0. The Morgan fingerprint density at radius 1 is 0.659 bits per heavy atom. The van der Waals surface area contributed by atoms with E-state index in [0.717, 1.165) is 33.4 Å². The number of hydrogen-bond donors (Lipinski definition) is 5. The standard InChI is InChI=1S/C32H29N3O5.C15H12O2.C9H10N2O4.C8H11N.CH3F.CH4I/c1-21-14-16-22(17-15-21)19-33-31(36)18-29(27-12-6-7-13-30(27)35(38)39)34-32(37)40-20-28-25-10-4-2-8-23(25)24-9-3-5-11-26(24)28;16-10-17-9-15-13-7-3-1-5-11(13)12-6-2-4-8-14(12)15;10-7(5-9(12)13)6-3-1-2-4-8(6)11(14)15;1-7-2-4-8(6-9)5-3-7;2*1-2/h2-17,28-29H,18-20H2,1H3,(H,33,36)(H,34,37);1-8,10,15H,9H2;1-4,7H,5,10H2,(H,12,13);2-5H,6,9H2,1H3;1H3;2H,1H3/q;;;;;-1/i34+1;;10+1;;1D;2D. The predicted molar refractivity (Wildman–Crippen MR) is 323 cm³/mol. The molecule has 17 nitrogen and oxygen atoms in total. The van der Waals surface area contributed by atoms with Gasteiger partial charge in [-0.15, -0.1) is 0 Å². The third-order valence-electron chi connectivity index (χ3n) is 13.7. The van der Waals surface area contributed by atoms with E-state index in [0.29, 0.717) is 26.2 Å². The fraction of sp³-hybridized carbons (Fsp3) is 0.212. The Balaban J connectivity index is 0.000000239. The Kier molecular flexibility index (Phi) is 25.7. The first-order chi connectivity index (χ1) is 42.0. The van der Waals surface area contributed by atoms with Crippen LogP contribution >= 0.6 is 0 Å². The SMILES string of the molecule is Cc1ccc(CN)cc1.Cc1ccc(CNC(=O)CC([15NH]C(=O)OCC2c3ccccc3-c3ccccc32)c2ccccc2[N+](=O)[O-])cc1.O=COCC1c2ccccc2-c2ccccc21.[15NH2]C(CC(=O)O)c1ccccc1[N+](=O)[O-].[2H]CF.[2H][I-]C. The first kappa shape index (κ1) is 63.4. The van der Waals surface area contributed by atoms with E-state index in [1.165, 1.54) is 57.6 Å². The average Bonchev–Trinajstić information content (AvgIpc) is 1.75. The monoisotopic (exact) mass is 1270 g/mol. The molecule has 2 amide bonds. The number of nitrogens with zero attached hydrogens (tertiary/aromatic N) is 2. The van der Waals surface area contributed by atoms with E-state index >= 15 is 0 Å². The molecule has 0 fully saturated rings. The Morgan fingerprint density at radius 3 is 1.47 bits per heavy atom. The molecular formula is C66H69FIN6O11-. The van der Waals surface area contributed by atoms with Crippen LogP contribution in [0.15, 0.2) is 194 Å². The van der Waals surface area contributed by atoms with E-state index in [9.17, 15) is 43.8 Å². The Labute approximate surface area is 508 Å². The number of fused-ring (bicyclic) bond motifs is 6. The van der Waals surface area contributed by atoms with Gasteiger partial charge in [0.2, 0.25) is 5.91 Å². The van der Waals surface area contributed by atoms with Crippen molar-refractivity contribution in [3.63, 3.8) is 0 Å². The number of ether oxygens (including phenoxy) is 2. The zero-order chi connectivity index (χ0) is 63.3. The first-order valence-corrected chi connectivity index (χ1v) is 28.8. The first-order valence-electron chi connectivity index (χ1n) is 27.8. The van der Waals surface area contributed by atoms with Crippen molar-refractivity contribution in [1.82, 2.24) is 10.6 Å². The van der Waals surface area contributed by atoms with E-state index in [4.69, 9.17) is 28.0 Å². The summed E-state index contributed by atoms with van der Waals surface area (Å²) in [7, 11) is -1.00. The number of carbonyl (C=O) groups is 4. The number of carboxylic acids is 1. The number of carbonyl (C=O) groups excluding carboxylic acids is 3. The number of rotatable bonds is 17. The van der Waals surface area contributed by atoms with Gasteiger partial charge in [0, 0.05) is 48.7 Å². The van der Waals surface area contributed by atoms with Crippen molar-refractivity contribution in [3.05, 3.63) is 270 Å². The molecule has 2 aliphatic rings. The van der Waals surface area contributed by atoms with Gasteiger partial charge in [-0.3, -0.25) is 39.0 Å². The second kappa shape index (κ2) is 34.4. The normalized spacial score (nSPS) is 12.2. The molecule has 10 rings (SSSR count). The molecular weight excluding hydrogens is 1200 g/mol. The van der Waals surface area contributed by atoms with Gasteiger partial charge in [0.15, 0.2) is 0 Å². The van der Waals surface area contributed by atoms with Gasteiger partial charge in [0.25, 0.3) is 17.8 Å². The van der Waals surface area contributed by atoms with Crippen molar-refractivity contribution in [2.75, 3.05) is 25.3 Å². The average molecular weight is 1270 g/mol. The second-order valence-electron chi connectivity index (χ2n) is 19.2. The molecule has 444 valence electrons. The number of para-hydroxylation sites is 2. The zero-order valence-corrected chi connectivity index (χ0v) is 49.3. The number of carboxylic acid groups (broad SMARTS) is 1. The summed E-state index contributed by atoms with van der Waals surface area (Å²) in [6.07, 6.45) is -1.28. The molecule has 0 saturated heterocycles. The topological polar surface area (TPSA) is 269 Å². The van der Waals surface area contributed by atoms with E-state index in [2.05, 4.69) is 66.1 Å². The maximum absolute atomic E-state index is 13.0. The second-order valence-corrected chi connectivity index (χ2v) is 19.2. The van der Waals surface area contributed by atoms with Crippen LogP contribution < -0.4 is 44.5 Å². The minimum absolute atomic E-state index is 0.0864. The minimum atomic E-state index is -1.08.